The summed E-state index contributed by atoms with van der Waals surface area (Å²) in [5, 5.41) is 9.34. The number of carboxylic acid groups (broad SMARTS) is 1. The van der Waals surface area contributed by atoms with Gasteiger partial charge in [0.1, 0.15) is 6.04 Å². The highest BCUT2D eigenvalue weighted by Crippen LogP contribution is 2.29. The number of likely N-dealkylation sites (tertiary alicyclic amines) is 1. The van der Waals surface area contributed by atoms with Gasteiger partial charge in [-0.15, -0.1) is 0 Å². The standard InChI is InChI=1S/C14H25NO3/c1-10(2)13-9-11(6-8-18-13)15-7-4-3-5-12(15)14(16)17/h10-13H,3-9H2,1-2H3,(H,16,17). The third kappa shape index (κ3) is 3.04. The summed E-state index contributed by atoms with van der Waals surface area (Å²) in [7, 11) is 0. The Morgan fingerprint density at radius 3 is 2.78 bits per heavy atom. The molecule has 0 amide bonds. The number of carbonyl (C=O) groups is 1. The molecule has 0 radical (unpaired) electrons. The third-order valence-corrected chi connectivity index (χ3v) is 4.33. The average molecular weight is 255 g/mol. The summed E-state index contributed by atoms with van der Waals surface area (Å²) >= 11 is 0. The zero-order valence-corrected chi connectivity index (χ0v) is 11.5. The van der Waals surface area contributed by atoms with Gasteiger partial charge in [0.15, 0.2) is 0 Å². The first-order valence-corrected chi connectivity index (χ1v) is 7.19. The fraction of sp³-hybridized carbons (Fsp3) is 0.929. The summed E-state index contributed by atoms with van der Waals surface area (Å²) in [5.74, 6) is -0.136. The molecule has 2 rings (SSSR count). The lowest BCUT2D eigenvalue weighted by atomic mass is 9.91. The van der Waals surface area contributed by atoms with Gasteiger partial charge >= 0.3 is 5.97 Å². The van der Waals surface area contributed by atoms with E-state index in [0.717, 1.165) is 45.3 Å². The van der Waals surface area contributed by atoms with Crippen LogP contribution in [0.1, 0.15) is 46.0 Å². The maximum atomic E-state index is 11.3. The van der Waals surface area contributed by atoms with Crippen LogP contribution in [0.5, 0.6) is 0 Å². The molecule has 0 bridgehead atoms. The van der Waals surface area contributed by atoms with Gasteiger partial charge in [-0.25, -0.2) is 0 Å². The number of rotatable bonds is 3. The lowest BCUT2D eigenvalue weighted by Gasteiger charge is -2.43. The molecule has 2 aliphatic heterocycles. The van der Waals surface area contributed by atoms with E-state index in [2.05, 4.69) is 18.7 Å². The number of aliphatic carboxylic acids is 1. The molecule has 104 valence electrons. The molecule has 0 aromatic rings. The molecule has 1 N–H and O–H groups in total. The molecule has 2 fully saturated rings. The monoisotopic (exact) mass is 255 g/mol. The van der Waals surface area contributed by atoms with Gasteiger partial charge in [0.25, 0.3) is 0 Å². The Kier molecular flexibility index (Phi) is 4.62. The minimum atomic E-state index is -0.651. The number of ether oxygens (including phenoxy) is 1. The molecule has 0 aliphatic carbocycles. The molecule has 4 heteroatoms. The highest BCUT2D eigenvalue weighted by Gasteiger charge is 2.36. The Bertz CT molecular complexity index is 293. The van der Waals surface area contributed by atoms with Crippen molar-refractivity contribution in [1.82, 2.24) is 4.90 Å². The SMILES string of the molecule is CC(C)C1CC(N2CCCCC2C(=O)O)CCO1. The Morgan fingerprint density at radius 2 is 2.11 bits per heavy atom. The van der Waals surface area contributed by atoms with Crippen molar-refractivity contribution in [1.29, 1.82) is 0 Å². The van der Waals surface area contributed by atoms with Crippen LogP contribution in [0.15, 0.2) is 0 Å². The van der Waals surface area contributed by atoms with Gasteiger partial charge in [-0.1, -0.05) is 20.3 Å². The maximum absolute atomic E-state index is 11.3. The van der Waals surface area contributed by atoms with E-state index in [1.807, 2.05) is 0 Å². The van der Waals surface area contributed by atoms with Crippen LogP contribution in [0.2, 0.25) is 0 Å². The quantitative estimate of drug-likeness (QED) is 0.839. The van der Waals surface area contributed by atoms with Crippen molar-refractivity contribution in [3.05, 3.63) is 0 Å². The van der Waals surface area contributed by atoms with Gasteiger partial charge in [-0.3, -0.25) is 9.69 Å². The van der Waals surface area contributed by atoms with Crippen molar-refractivity contribution in [2.45, 2.75) is 64.1 Å². The highest BCUT2D eigenvalue weighted by atomic mass is 16.5. The van der Waals surface area contributed by atoms with Gasteiger partial charge in [-0.2, -0.15) is 0 Å². The summed E-state index contributed by atoms with van der Waals surface area (Å²) in [4.78, 5) is 13.6. The first kappa shape index (κ1) is 13.8. The van der Waals surface area contributed by atoms with Crippen molar-refractivity contribution in [3.63, 3.8) is 0 Å². The molecular formula is C14H25NO3. The van der Waals surface area contributed by atoms with E-state index in [4.69, 9.17) is 4.74 Å². The minimum Gasteiger partial charge on any atom is -0.480 e. The smallest absolute Gasteiger partial charge is 0.320 e. The molecule has 0 spiro atoms. The topological polar surface area (TPSA) is 49.8 Å². The Morgan fingerprint density at radius 1 is 1.33 bits per heavy atom. The highest BCUT2D eigenvalue weighted by molar-refractivity contribution is 5.73. The molecule has 2 saturated heterocycles. The van der Waals surface area contributed by atoms with Gasteiger partial charge in [0.05, 0.1) is 6.10 Å². The van der Waals surface area contributed by atoms with E-state index in [1.165, 1.54) is 0 Å². The van der Waals surface area contributed by atoms with E-state index in [0.29, 0.717) is 18.1 Å². The van der Waals surface area contributed by atoms with E-state index < -0.39 is 5.97 Å². The third-order valence-electron chi connectivity index (χ3n) is 4.33. The van der Waals surface area contributed by atoms with Crippen LogP contribution < -0.4 is 0 Å². The first-order chi connectivity index (χ1) is 8.59. The summed E-state index contributed by atoms with van der Waals surface area (Å²) in [6.45, 7) is 6.07. The zero-order chi connectivity index (χ0) is 13.1. The van der Waals surface area contributed by atoms with Crippen LogP contribution >= 0.6 is 0 Å². The predicted molar refractivity (Wildman–Crippen MR) is 69.6 cm³/mol. The molecule has 2 heterocycles. The molecule has 2 aliphatic rings. The van der Waals surface area contributed by atoms with Crippen molar-refractivity contribution in [2.24, 2.45) is 5.92 Å². The molecule has 3 unspecified atom stereocenters. The van der Waals surface area contributed by atoms with Crippen LogP contribution in [-0.2, 0) is 9.53 Å². The average Bonchev–Trinajstić information content (AvgIpc) is 2.39. The van der Waals surface area contributed by atoms with Crippen LogP contribution in [0.3, 0.4) is 0 Å². The molecule has 3 atom stereocenters. The lowest BCUT2D eigenvalue weighted by molar-refractivity contribution is -0.148. The van der Waals surface area contributed by atoms with Crippen LogP contribution in [0.25, 0.3) is 0 Å². The van der Waals surface area contributed by atoms with Crippen molar-refractivity contribution < 1.29 is 14.6 Å². The van der Waals surface area contributed by atoms with Crippen molar-refractivity contribution >= 4 is 5.97 Å². The van der Waals surface area contributed by atoms with E-state index in [1.54, 1.807) is 0 Å². The van der Waals surface area contributed by atoms with Gasteiger partial charge < -0.3 is 9.84 Å². The first-order valence-electron chi connectivity index (χ1n) is 7.19. The van der Waals surface area contributed by atoms with Crippen LogP contribution in [-0.4, -0.2) is 47.3 Å². The zero-order valence-electron chi connectivity index (χ0n) is 11.5. The lowest BCUT2D eigenvalue weighted by Crippen LogP contribution is -2.53. The molecular weight excluding hydrogens is 230 g/mol. The van der Waals surface area contributed by atoms with E-state index in [-0.39, 0.29) is 6.04 Å². The number of carboxylic acids is 1. The van der Waals surface area contributed by atoms with Gasteiger partial charge in [0.2, 0.25) is 0 Å². The second kappa shape index (κ2) is 6.02. The van der Waals surface area contributed by atoms with Gasteiger partial charge in [-0.05, 0) is 38.1 Å². The van der Waals surface area contributed by atoms with Crippen molar-refractivity contribution in [2.75, 3.05) is 13.2 Å². The molecule has 0 aromatic heterocycles. The Labute approximate surface area is 109 Å². The number of hydrogen-bond donors (Lipinski definition) is 1. The van der Waals surface area contributed by atoms with Crippen molar-refractivity contribution in [3.8, 4) is 0 Å². The Balaban J connectivity index is 2.01. The molecule has 0 saturated carbocycles. The molecule has 4 nitrogen and oxygen atoms in total. The number of hydrogen-bond acceptors (Lipinski definition) is 3. The molecule has 0 aromatic carbocycles. The number of nitrogens with zero attached hydrogens (tertiary/aromatic N) is 1. The van der Waals surface area contributed by atoms with Crippen LogP contribution in [0.4, 0.5) is 0 Å². The Hall–Kier alpha value is -0.610. The summed E-state index contributed by atoms with van der Waals surface area (Å²) in [5.41, 5.74) is 0. The van der Waals surface area contributed by atoms with Crippen LogP contribution in [0, 0.1) is 5.92 Å². The van der Waals surface area contributed by atoms with Gasteiger partial charge in [0, 0.05) is 12.6 Å². The summed E-state index contributed by atoms with van der Waals surface area (Å²) in [6, 6.07) is 0.127. The second-order valence-corrected chi connectivity index (χ2v) is 5.92. The van der Waals surface area contributed by atoms with E-state index in [9.17, 15) is 9.90 Å². The maximum Gasteiger partial charge on any atom is 0.320 e. The predicted octanol–water partition coefficient (Wildman–Crippen LogP) is 2.13. The second-order valence-electron chi connectivity index (χ2n) is 5.92. The number of piperidine rings is 1. The van der Waals surface area contributed by atoms with E-state index >= 15 is 0 Å². The normalized spacial score (nSPS) is 34.7. The summed E-state index contributed by atoms with van der Waals surface area (Å²) < 4.78 is 5.78. The molecule has 18 heavy (non-hydrogen) atoms. The largest absolute Gasteiger partial charge is 0.480 e. The summed E-state index contributed by atoms with van der Waals surface area (Å²) in [6.07, 6.45) is 5.24. The fourth-order valence-electron chi connectivity index (χ4n) is 3.23. The fourth-order valence-corrected chi connectivity index (χ4v) is 3.23. The minimum absolute atomic E-state index is 0.269.